The van der Waals surface area contributed by atoms with Crippen LogP contribution >= 0.6 is 23.2 Å². The third-order valence-corrected chi connectivity index (χ3v) is 3.61. The van der Waals surface area contributed by atoms with Gasteiger partial charge in [0.1, 0.15) is 0 Å². The minimum Gasteiger partial charge on any atom is -0.276 e. The summed E-state index contributed by atoms with van der Waals surface area (Å²) in [6, 6.07) is 11.8. The Morgan fingerprint density at radius 2 is 1.82 bits per heavy atom. The fourth-order valence-corrected chi connectivity index (χ4v) is 2.76. The number of hydrogen-bond acceptors (Lipinski definition) is 1. The highest BCUT2D eigenvalue weighted by Gasteiger charge is 2.21. The molecule has 0 saturated carbocycles. The fourth-order valence-electron chi connectivity index (χ4n) is 2.31. The molecule has 0 unspecified atom stereocenters. The molecule has 3 heteroatoms. The van der Waals surface area contributed by atoms with Crippen molar-refractivity contribution in [2.75, 3.05) is 0 Å². The summed E-state index contributed by atoms with van der Waals surface area (Å²) in [6.07, 6.45) is 0.833. The van der Waals surface area contributed by atoms with Crippen LogP contribution in [0.5, 0.6) is 0 Å². The van der Waals surface area contributed by atoms with Gasteiger partial charge in [-0.2, -0.15) is 0 Å². The van der Waals surface area contributed by atoms with E-state index in [0.717, 1.165) is 17.5 Å². The van der Waals surface area contributed by atoms with E-state index in [2.05, 4.69) is 12.1 Å². The summed E-state index contributed by atoms with van der Waals surface area (Å²) >= 11 is 11.6. The molecule has 1 aliphatic rings. The van der Waals surface area contributed by atoms with Crippen molar-refractivity contribution in [1.29, 1.82) is 0 Å². The second-order valence-electron chi connectivity index (χ2n) is 4.10. The highest BCUT2D eigenvalue weighted by Crippen LogP contribution is 2.39. The standard InChI is InChI=1S/C14H8Cl2O/c15-13-7-11-9(6-12(13)14(16)17)5-8-3-1-2-4-10(8)11/h1-4,6-7H,5H2. The van der Waals surface area contributed by atoms with Crippen LogP contribution in [0.25, 0.3) is 11.1 Å². The van der Waals surface area contributed by atoms with Gasteiger partial charge in [0.2, 0.25) is 0 Å². The third-order valence-electron chi connectivity index (χ3n) is 3.09. The first-order valence-electron chi connectivity index (χ1n) is 5.27. The molecule has 1 aliphatic carbocycles. The zero-order chi connectivity index (χ0) is 12.0. The Labute approximate surface area is 109 Å². The molecule has 0 saturated heterocycles. The minimum absolute atomic E-state index is 0.389. The molecule has 0 fully saturated rings. The van der Waals surface area contributed by atoms with Gasteiger partial charge in [-0.1, -0.05) is 35.9 Å². The number of rotatable bonds is 1. The molecule has 0 aliphatic heterocycles. The highest BCUT2D eigenvalue weighted by molar-refractivity contribution is 6.68. The molecule has 17 heavy (non-hydrogen) atoms. The van der Waals surface area contributed by atoms with Gasteiger partial charge in [-0.3, -0.25) is 4.79 Å². The molecule has 2 aromatic rings. The van der Waals surface area contributed by atoms with Gasteiger partial charge >= 0.3 is 0 Å². The van der Waals surface area contributed by atoms with Crippen LogP contribution in [0.15, 0.2) is 36.4 Å². The molecule has 0 heterocycles. The van der Waals surface area contributed by atoms with Crippen LogP contribution in [-0.4, -0.2) is 5.24 Å². The first kappa shape index (κ1) is 10.8. The van der Waals surface area contributed by atoms with Gasteiger partial charge in [0.25, 0.3) is 5.24 Å². The van der Waals surface area contributed by atoms with Gasteiger partial charge in [-0.25, -0.2) is 0 Å². The molecular formula is C14H8Cl2O. The monoisotopic (exact) mass is 262 g/mol. The van der Waals surface area contributed by atoms with Crippen molar-refractivity contribution < 1.29 is 4.79 Å². The third kappa shape index (κ3) is 1.67. The van der Waals surface area contributed by atoms with E-state index in [9.17, 15) is 4.79 Å². The van der Waals surface area contributed by atoms with Crippen LogP contribution in [0.3, 0.4) is 0 Å². The van der Waals surface area contributed by atoms with Crippen molar-refractivity contribution in [2.45, 2.75) is 6.42 Å². The maximum absolute atomic E-state index is 11.2. The summed E-state index contributed by atoms with van der Waals surface area (Å²) in [5, 5.41) is -0.0887. The van der Waals surface area contributed by atoms with E-state index in [4.69, 9.17) is 23.2 Å². The Kier molecular flexibility index (Phi) is 2.46. The molecule has 1 nitrogen and oxygen atoms in total. The maximum atomic E-state index is 11.2. The van der Waals surface area contributed by atoms with Gasteiger partial charge in [-0.15, -0.1) is 0 Å². The molecule has 3 rings (SSSR count). The van der Waals surface area contributed by atoms with Crippen LogP contribution < -0.4 is 0 Å². The number of hydrogen-bond donors (Lipinski definition) is 0. The largest absolute Gasteiger partial charge is 0.276 e. The first-order chi connectivity index (χ1) is 8.16. The summed E-state index contributed by atoms with van der Waals surface area (Å²) in [6.45, 7) is 0. The number of fused-ring (bicyclic) bond motifs is 3. The van der Waals surface area contributed by atoms with E-state index >= 15 is 0 Å². The Bertz CT molecular complexity index is 632. The summed E-state index contributed by atoms with van der Waals surface area (Å²) < 4.78 is 0. The minimum atomic E-state index is -0.506. The number of carbonyl (C=O) groups excluding carboxylic acids is 1. The van der Waals surface area contributed by atoms with Crippen molar-refractivity contribution in [2.24, 2.45) is 0 Å². The zero-order valence-electron chi connectivity index (χ0n) is 8.84. The van der Waals surface area contributed by atoms with E-state index in [1.54, 1.807) is 6.07 Å². The van der Waals surface area contributed by atoms with Gasteiger partial charge in [-0.05, 0) is 52.4 Å². The average Bonchev–Trinajstić information content (AvgIpc) is 2.65. The average molecular weight is 263 g/mol. The summed E-state index contributed by atoms with van der Waals surface area (Å²) in [5.41, 5.74) is 5.06. The number of benzene rings is 2. The van der Waals surface area contributed by atoms with Crippen LogP contribution in [0.1, 0.15) is 21.5 Å². The van der Waals surface area contributed by atoms with E-state index in [0.29, 0.717) is 10.6 Å². The molecule has 0 spiro atoms. The lowest BCUT2D eigenvalue weighted by atomic mass is 10.0. The van der Waals surface area contributed by atoms with E-state index in [1.807, 2.05) is 18.2 Å². The molecule has 0 radical (unpaired) electrons. The number of halogens is 2. The van der Waals surface area contributed by atoms with Crippen molar-refractivity contribution in [3.63, 3.8) is 0 Å². The van der Waals surface area contributed by atoms with Crippen molar-refractivity contribution in [3.8, 4) is 11.1 Å². The molecule has 0 aromatic heterocycles. The van der Waals surface area contributed by atoms with Gasteiger partial charge in [0.15, 0.2) is 0 Å². The normalized spacial score (nSPS) is 12.1. The molecule has 0 bridgehead atoms. The quantitative estimate of drug-likeness (QED) is 0.598. The molecule has 0 atom stereocenters. The van der Waals surface area contributed by atoms with Crippen LogP contribution in [0.4, 0.5) is 0 Å². The lowest BCUT2D eigenvalue weighted by Crippen LogP contribution is -1.93. The second-order valence-corrected chi connectivity index (χ2v) is 4.85. The predicted molar refractivity (Wildman–Crippen MR) is 69.9 cm³/mol. The molecule has 0 N–H and O–H groups in total. The van der Waals surface area contributed by atoms with Crippen LogP contribution in [0.2, 0.25) is 5.02 Å². The van der Waals surface area contributed by atoms with E-state index in [1.165, 1.54) is 11.1 Å². The topological polar surface area (TPSA) is 17.1 Å². The smallest absolute Gasteiger partial charge is 0.253 e. The van der Waals surface area contributed by atoms with Crippen LogP contribution in [0, 0.1) is 0 Å². The zero-order valence-corrected chi connectivity index (χ0v) is 10.3. The van der Waals surface area contributed by atoms with E-state index < -0.39 is 5.24 Å². The van der Waals surface area contributed by atoms with Crippen LogP contribution in [-0.2, 0) is 6.42 Å². The highest BCUT2D eigenvalue weighted by atomic mass is 35.5. The summed E-state index contributed by atoms with van der Waals surface area (Å²) in [5.74, 6) is 0. The Balaban J connectivity index is 2.23. The molecule has 84 valence electrons. The van der Waals surface area contributed by atoms with Gasteiger partial charge < -0.3 is 0 Å². The molecular weight excluding hydrogens is 255 g/mol. The van der Waals surface area contributed by atoms with Crippen molar-refractivity contribution in [3.05, 3.63) is 58.1 Å². The lowest BCUT2D eigenvalue weighted by molar-refractivity contribution is 0.108. The fraction of sp³-hybridized carbons (Fsp3) is 0.0714. The Hall–Kier alpha value is -1.31. The number of carbonyl (C=O) groups is 1. The van der Waals surface area contributed by atoms with Gasteiger partial charge in [0, 0.05) is 0 Å². The van der Waals surface area contributed by atoms with E-state index in [-0.39, 0.29) is 0 Å². The SMILES string of the molecule is O=C(Cl)c1cc2c(cc1Cl)-c1ccccc1C2. The second kappa shape index (κ2) is 3.86. The molecule has 2 aromatic carbocycles. The lowest BCUT2D eigenvalue weighted by Gasteiger charge is -2.04. The Morgan fingerprint density at radius 1 is 1.06 bits per heavy atom. The van der Waals surface area contributed by atoms with Crippen molar-refractivity contribution >= 4 is 28.4 Å². The summed E-state index contributed by atoms with van der Waals surface area (Å²) in [7, 11) is 0. The van der Waals surface area contributed by atoms with Gasteiger partial charge in [0.05, 0.1) is 10.6 Å². The first-order valence-corrected chi connectivity index (χ1v) is 6.03. The molecule has 0 amide bonds. The predicted octanol–water partition coefficient (Wildman–Crippen LogP) is 4.29. The van der Waals surface area contributed by atoms with Crippen molar-refractivity contribution in [1.82, 2.24) is 0 Å². The maximum Gasteiger partial charge on any atom is 0.253 e. The summed E-state index contributed by atoms with van der Waals surface area (Å²) in [4.78, 5) is 11.2. The Morgan fingerprint density at radius 3 is 2.59 bits per heavy atom.